The van der Waals surface area contributed by atoms with Crippen LogP contribution in [0.5, 0.6) is 5.75 Å². The van der Waals surface area contributed by atoms with Crippen LogP contribution < -0.4 is 10.1 Å². The first-order chi connectivity index (χ1) is 19.5. The molecule has 1 fully saturated rings. The van der Waals surface area contributed by atoms with Gasteiger partial charge in [0.1, 0.15) is 11.4 Å². The minimum Gasteiger partial charge on any atom is -0.444 e. The van der Waals surface area contributed by atoms with Gasteiger partial charge in [-0.05, 0) is 76.9 Å². The second-order valence-electron chi connectivity index (χ2n) is 10.9. The van der Waals surface area contributed by atoms with Crippen molar-refractivity contribution in [2.75, 3.05) is 18.8 Å². The number of sulfonamides is 1. The molecule has 0 radical (unpaired) electrons. The molecule has 1 saturated heterocycles. The third kappa shape index (κ3) is 10.1. The molecule has 3 rings (SSSR count). The van der Waals surface area contributed by atoms with Gasteiger partial charge >= 0.3 is 12.5 Å². The van der Waals surface area contributed by atoms with E-state index in [1.807, 2.05) is 4.90 Å². The highest BCUT2D eigenvalue weighted by Gasteiger charge is 2.34. The van der Waals surface area contributed by atoms with Crippen molar-refractivity contribution in [1.29, 1.82) is 0 Å². The number of hydrogen-bond acceptors (Lipinski definition) is 7. The Balaban J connectivity index is 1.86. The lowest BCUT2D eigenvalue weighted by atomic mass is 10.0. The Morgan fingerprint density at radius 1 is 1.14 bits per heavy atom. The van der Waals surface area contributed by atoms with Crippen LogP contribution in [0.1, 0.15) is 62.0 Å². The summed E-state index contributed by atoms with van der Waals surface area (Å²) in [7, 11) is -4.10. The minimum absolute atomic E-state index is 0.0336. The fourth-order valence-electron chi connectivity index (χ4n) is 4.47. The number of carbonyl (C=O) groups excluding carboxylic acids is 2. The topological polar surface area (TPSA) is 105 Å². The third-order valence-corrected chi connectivity index (χ3v) is 8.23. The molecule has 0 saturated carbocycles. The van der Waals surface area contributed by atoms with Gasteiger partial charge in [0.15, 0.2) is 0 Å². The van der Waals surface area contributed by atoms with Crippen LogP contribution >= 0.6 is 11.6 Å². The van der Waals surface area contributed by atoms with E-state index in [9.17, 15) is 31.2 Å². The van der Waals surface area contributed by atoms with Crippen LogP contribution in [0, 0.1) is 0 Å². The lowest BCUT2D eigenvalue weighted by Crippen LogP contribution is -2.48. The number of carbonyl (C=O) groups is 2. The zero-order valence-corrected chi connectivity index (χ0v) is 25.4. The maximum Gasteiger partial charge on any atom is 0.573 e. The summed E-state index contributed by atoms with van der Waals surface area (Å²) >= 11 is 6.00. The molecule has 0 spiro atoms. The molecule has 2 aromatic rings. The summed E-state index contributed by atoms with van der Waals surface area (Å²) in [4.78, 5) is 27.5. The Kier molecular flexibility index (Phi) is 10.8. The number of piperidine rings is 1. The maximum absolute atomic E-state index is 13.4. The zero-order valence-electron chi connectivity index (χ0n) is 23.8. The van der Waals surface area contributed by atoms with Gasteiger partial charge in [-0.25, -0.2) is 17.5 Å². The van der Waals surface area contributed by atoms with Crippen LogP contribution in [-0.4, -0.2) is 66.5 Å². The maximum atomic E-state index is 13.4. The average Bonchev–Trinajstić information content (AvgIpc) is 2.86. The average molecular weight is 634 g/mol. The van der Waals surface area contributed by atoms with E-state index in [-0.39, 0.29) is 30.3 Å². The second-order valence-corrected chi connectivity index (χ2v) is 13.6. The number of ether oxygens (including phenoxy) is 2. The smallest absolute Gasteiger partial charge is 0.444 e. The monoisotopic (exact) mass is 633 g/mol. The predicted molar refractivity (Wildman–Crippen MR) is 152 cm³/mol. The minimum atomic E-state index is -5.06. The molecule has 1 aliphatic heterocycles. The molecular weight excluding hydrogens is 599 g/mol. The number of nitrogens with one attached hydrogen (secondary N) is 1. The lowest BCUT2D eigenvalue weighted by molar-refractivity contribution is -0.275. The summed E-state index contributed by atoms with van der Waals surface area (Å²) in [5, 5.41) is 3.13. The number of benzene rings is 2. The summed E-state index contributed by atoms with van der Waals surface area (Å²) in [5.41, 5.74) is -0.403. The van der Waals surface area contributed by atoms with Crippen molar-refractivity contribution in [2.45, 2.75) is 71.6 Å². The Hall–Kier alpha value is -3.03. The van der Waals surface area contributed by atoms with E-state index >= 15 is 0 Å². The van der Waals surface area contributed by atoms with Crippen molar-refractivity contribution in [1.82, 2.24) is 14.5 Å². The largest absolute Gasteiger partial charge is 0.573 e. The highest BCUT2D eigenvalue weighted by atomic mass is 35.5. The van der Waals surface area contributed by atoms with Crippen molar-refractivity contribution >= 4 is 33.6 Å². The molecule has 0 aromatic heterocycles. The molecule has 0 aliphatic carbocycles. The summed E-state index contributed by atoms with van der Waals surface area (Å²) < 4.78 is 76.1. The fourth-order valence-corrected chi connectivity index (χ4v) is 5.70. The van der Waals surface area contributed by atoms with E-state index in [1.165, 1.54) is 25.1 Å². The molecule has 42 heavy (non-hydrogen) atoms. The van der Waals surface area contributed by atoms with Crippen molar-refractivity contribution < 1.29 is 40.7 Å². The standard InChI is InChI=1S/C28H35ClF3N3O6S/c1-5-42(38,39)35(16-19-8-6-9-22(29)14-19)25(36)20-11-12-21(24(15-20)40-28(30,31)32)17-34-13-7-10-23(18-34)33-26(37)41-27(2,3)4/h6,8-9,11-12,14-15,23H,5,7,10,13,16-18H2,1-4H3,(H,33,37). The van der Waals surface area contributed by atoms with Gasteiger partial charge in [0, 0.05) is 35.3 Å². The van der Waals surface area contributed by atoms with E-state index in [4.69, 9.17) is 16.3 Å². The normalized spacial score (nSPS) is 16.5. The Morgan fingerprint density at radius 3 is 2.48 bits per heavy atom. The van der Waals surface area contributed by atoms with E-state index in [2.05, 4.69) is 10.1 Å². The molecule has 9 nitrogen and oxygen atoms in total. The highest BCUT2D eigenvalue weighted by molar-refractivity contribution is 7.89. The van der Waals surface area contributed by atoms with Crippen LogP contribution in [0.15, 0.2) is 42.5 Å². The molecule has 14 heteroatoms. The summed E-state index contributed by atoms with van der Waals surface area (Å²) in [5.74, 6) is -2.03. The van der Waals surface area contributed by atoms with Crippen molar-refractivity contribution in [3.05, 3.63) is 64.2 Å². The number of hydrogen-bond donors (Lipinski definition) is 1. The Morgan fingerprint density at radius 2 is 1.86 bits per heavy atom. The fraction of sp³-hybridized carbons (Fsp3) is 0.500. The molecule has 232 valence electrons. The summed E-state index contributed by atoms with van der Waals surface area (Å²) in [6, 6.07) is 9.48. The first-order valence-electron chi connectivity index (χ1n) is 13.4. The van der Waals surface area contributed by atoms with Crippen LogP contribution in [-0.2, 0) is 27.8 Å². The number of alkyl carbamates (subject to hydrolysis) is 1. The van der Waals surface area contributed by atoms with Crippen molar-refractivity contribution in [3.8, 4) is 5.75 Å². The second kappa shape index (κ2) is 13.5. The number of halogens is 4. The van der Waals surface area contributed by atoms with E-state index < -0.39 is 45.5 Å². The summed E-state index contributed by atoms with van der Waals surface area (Å²) in [6.07, 6.45) is -4.29. The van der Waals surface area contributed by atoms with Gasteiger partial charge in [0.25, 0.3) is 5.91 Å². The van der Waals surface area contributed by atoms with Crippen LogP contribution in [0.2, 0.25) is 5.02 Å². The molecule has 1 atom stereocenters. The Labute approximate surface area is 249 Å². The SMILES string of the molecule is CCS(=O)(=O)N(Cc1cccc(Cl)c1)C(=O)c1ccc(CN2CCCC(NC(=O)OC(C)(C)C)C2)c(OC(F)(F)F)c1. The molecule has 1 heterocycles. The summed E-state index contributed by atoms with van der Waals surface area (Å²) in [6.45, 7) is 7.17. The molecular formula is C28H35ClF3N3O6S. The molecule has 2 aromatic carbocycles. The van der Waals surface area contributed by atoms with E-state index in [0.717, 1.165) is 6.07 Å². The number of amides is 2. The lowest BCUT2D eigenvalue weighted by Gasteiger charge is -2.34. The van der Waals surface area contributed by atoms with Gasteiger partial charge in [-0.2, -0.15) is 0 Å². The van der Waals surface area contributed by atoms with Crippen molar-refractivity contribution in [3.63, 3.8) is 0 Å². The van der Waals surface area contributed by atoms with Gasteiger partial charge in [0.05, 0.1) is 12.3 Å². The van der Waals surface area contributed by atoms with Gasteiger partial charge < -0.3 is 14.8 Å². The number of rotatable bonds is 9. The van der Waals surface area contributed by atoms with Gasteiger partial charge in [-0.1, -0.05) is 29.8 Å². The number of nitrogens with zero attached hydrogens (tertiary/aromatic N) is 2. The number of alkyl halides is 3. The first kappa shape index (κ1) is 33.5. The molecule has 1 N–H and O–H groups in total. The number of likely N-dealkylation sites (tertiary alicyclic amines) is 1. The van der Waals surface area contributed by atoms with Crippen LogP contribution in [0.25, 0.3) is 0 Å². The quantitative estimate of drug-likeness (QED) is 0.377. The highest BCUT2D eigenvalue weighted by Crippen LogP contribution is 2.30. The molecule has 2 amide bonds. The predicted octanol–water partition coefficient (Wildman–Crippen LogP) is 5.72. The van der Waals surface area contributed by atoms with Crippen LogP contribution in [0.3, 0.4) is 0 Å². The first-order valence-corrected chi connectivity index (χ1v) is 15.3. The van der Waals surface area contributed by atoms with Gasteiger partial charge in [-0.3, -0.25) is 9.69 Å². The molecule has 1 unspecified atom stereocenters. The molecule has 0 bridgehead atoms. The van der Waals surface area contributed by atoms with E-state index in [0.29, 0.717) is 40.8 Å². The third-order valence-electron chi connectivity index (χ3n) is 6.30. The van der Waals surface area contributed by atoms with Crippen molar-refractivity contribution in [2.24, 2.45) is 0 Å². The van der Waals surface area contributed by atoms with Gasteiger partial charge in [0.2, 0.25) is 10.0 Å². The molecule has 1 aliphatic rings. The van der Waals surface area contributed by atoms with Gasteiger partial charge in [-0.15, -0.1) is 13.2 Å². The Bertz CT molecular complexity index is 1380. The zero-order chi connectivity index (χ0) is 31.3. The van der Waals surface area contributed by atoms with Crippen LogP contribution in [0.4, 0.5) is 18.0 Å². The van der Waals surface area contributed by atoms with E-state index in [1.54, 1.807) is 39.0 Å².